The number of piperazine rings is 1. The van der Waals surface area contributed by atoms with Crippen LogP contribution in [0.15, 0.2) is 66.9 Å². The number of hydrogen-bond donors (Lipinski definition) is 0. The Hall–Kier alpha value is -2.82. The van der Waals surface area contributed by atoms with Crippen molar-refractivity contribution in [3.63, 3.8) is 0 Å². The van der Waals surface area contributed by atoms with E-state index in [0.717, 1.165) is 50.9 Å². The fraction of sp³-hybridized carbons (Fsp3) is 0.438. The van der Waals surface area contributed by atoms with Gasteiger partial charge in [-0.25, -0.2) is 0 Å². The lowest BCUT2D eigenvalue weighted by Gasteiger charge is -2.41. The molecule has 3 aromatic rings. The molecular formula is C32H39N3O. The van der Waals surface area contributed by atoms with Gasteiger partial charge in [-0.05, 0) is 70.5 Å². The first-order chi connectivity index (χ1) is 17.7. The smallest absolute Gasteiger partial charge is 0.119 e. The fourth-order valence-electron chi connectivity index (χ4n) is 6.49. The predicted molar refractivity (Wildman–Crippen MR) is 149 cm³/mol. The summed E-state index contributed by atoms with van der Waals surface area (Å²) in [5.74, 6) is 0.905. The Bertz CT molecular complexity index is 1240. The van der Waals surface area contributed by atoms with Crippen LogP contribution in [0.1, 0.15) is 36.8 Å². The second kappa shape index (κ2) is 10.3. The van der Waals surface area contributed by atoms with Crippen LogP contribution in [-0.2, 0) is 13.0 Å². The zero-order valence-corrected chi connectivity index (χ0v) is 21.7. The van der Waals surface area contributed by atoms with Crippen molar-refractivity contribution in [2.24, 2.45) is 0 Å². The highest BCUT2D eigenvalue weighted by Gasteiger charge is 2.27. The van der Waals surface area contributed by atoms with E-state index in [1.54, 1.807) is 7.11 Å². The topological polar surface area (TPSA) is 19.0 Å². The second-order valence-corrected chi connectivity index (χ2v) is 10.9. The molecule has 0 spiro atoms. The lowest BCUT2D eigenvalue weighted by molar-refractivity contribution is 0.110. The van der Waals surface area contributed by atoms with E-state index in [-0.39, 0.29) is 0 Å². The standard InChI is InChI=1S/C32H39N3O/c1-24(34-15-17-35(18-16-34)31-5-3-4-6-31)22-33-14-13-29-20-26(9-10-30(29)23-33)25-7-8-28-21-32(36-2)12-11-27(28)19-25/h7-12,19-21,31H,1,3-6,13-18,22-23H2,2H3. The monoisotopic (exact) mass is 481 g/mol. The number of methoxy groups -OCH3 is 1. The van der Waals surface area contributed by atoms with Gasteiger partial charge in [0, 0.05) is 57.6 Å². The molecule has 1 saturated heterocycles. The summed E-state index contributed by atoms with van der Waals surface area (Å²) in [4.78, 5) is 7.86. The molecule has 2 heterocycles. The van der Waals surface area contributed by atoms with Gasteiger partial charge in [-0.1, -0.05) is 55.8 Å². The van der Waals surface area contributed by atoms with E-state index < -0.39 is 0 Å². The Kier molecular flexibility index (Phi) is 6.73. The molecule has 0 aromatic heterocycles. The molecule has 0 radical (unpaired) electrons. The first-order valence-corrected chi connectivity index (χ1v) is 13.8. The molecule has 4 nitrogen and oxygen atoms in total. The van der Waals surface area contributed by atoms with Crippen LogP contribution in [0.4, 0.5) is 0 Å². The zero-order valence-electron chi connectivity index (χ0n) is 21.7. The van der Waals surface area contributed by atoms with E-state index in [1.807, 2.05) is 6.07 Å². The number of ether oxygens (including phenoxy) is 1. The van der Waals surface area contributed by atoms with Crippen LogP contribution >= 0.6 is 0 Å². The van der Waals surface area contributed by atoms with Crippen molar-refractivity contribution < 1.29 is 4.74 Å². The molecule has 0 atom stereocenters. The van der Waals surface area contributed by atoms with Crippen LogP contribution in [0, 0.1) is 0 Å². The van der Waals surface area contributed by atoms with Crippen molar-refractivity contribution in [3.8, 4) is 16.9 Å². The van der Waals surface area contributed by atoms with Gasteiger partial charge in [-0.3, -0.25) is 9.80 Å². The van der Waals surface area contributed by atoms with E-state index in [9.17, 15) is 0 Å². The van der Waals surface area contributed by atoms with E-state index in [2.05, 4.69) is 69.8 Å². The molecule has 0 N–H and O–H groups in total. The molecule has 1 saturated carbocycles. The molecule has 0 amide bonds. The van der Waals surface area contributed by atoms with Crippen LogP contribution < -0.4 is 4.74 Å². The third-order valence-corrected chi connectivity index (χ3v) is 8.69. The Balaban J connectivity index is 1.07. The summed E-state index contributed by atoms with van der Waals surface area (Å²) in [5, 5.41) is 2.46. The predicted octanol–water partition coefficient (Wildman–Crippen LogP) is 5.95. The highest BCUT2D eigenvalue weighted by molar-refractivity contribution is 5.88. The first kappa shape index (κ1) is 23.6. The van der Waals surface area contributed by atoms with Gasteiger partial charge in [0.05, 0.1) is 7.11 Å². The Labute approximate surface area is 216 Å². The molecule has 188 valence electrons. The molecule has 3 aromatic carbocycles. The summed E-state index contributed by atoms with van der Waals surface area (Å²) in [5.41, 5.74) is 6.85. The maximum absolute atomic E-state index is 5.38. The van der Waals surface area contributed by atoms with E-state index in [0.29, 0.717) is 0 Å². The van der Waals surface area contributed by atoms with Crippen LogP contribution in [0.3, 0.4) is 0 Å². The minimum Gasteiger partial charge on any atom is -0.497 e. The van der Waals surface area contributed by atoms with Gasteiger partial charge in [-0.2, -0.15) is 0 Å². The van der Waals surface area contributed by atoms with Gasteiger partial charge in [0.2, 0.25) is 0 Å². The minimum atomic E-state index is 0.849. The molecule has 1 aliphatic carbocycles. The largest absolute Gasteiger partial charge is 0.497 e. The lowest BCUT2D eigenvalue weighted by Crippen LogP contribution is -2.50. The number of nitrogens with zero attached hydrogens (tertiary/aromatic N) is 3. The normalized spacial score (nSPS) is 19.5. The average Bonchev–Trinajstić information content (AvgIpc) is 3.47. The summed E-state index contributed by atoms with van der Waals surface area (Å²) < 4.78 is 5.38. The molecule has 36 heavy (non-hydrogen) atoms. The minimum absolute atomic E-state index is 0.849. The molecule has 2 aliphatic heterocycles. The van der Waals surface area contributed by atoms with Gasteiger partial charge >= 0.3 is 0 Å². The first-order valence-electron chi connectivity index (χ1n) is 13.8. The van der Waals surface area contributed by atoms with Crippen molar-refractivity contribution >= 4 is 10.8 Å². The Morgan fingerprint density at radius 2 is 1.56 bits per heavy atom. The molecule has 6 rings (SSSR count). The van der Waals surface area contributed by atoms with Crippen LogP contribution in [0.2, 0.25) is 0 Å². The third-order valence-electron chi connectivity index (χ3n) is 8.69. The molecular weight excluding hydrogens is 442 g/mol. The Morgan fingerprint density at radius 3 is 2.36 bits per heavy atom. The molecule has 0 unspecified atom stereocenters. The van der Waals surface area contributed by atoms with Crippen molar-refractivity contribution in [1.29, 1.82) is 0 Å². The molecule has 0 bridgehead atoms. The summed E-state index contributed by atoms with van der Waals surface area (Å²) in [6.07, 6.45) is 6.77. The summed E-state index contributed by atoms with van der Waals surface area (Å²) >= 11 is 0. The highest BCUT2D eigenvalue weighted by atomic mass is 16.5. The zero-order chi connectivity index (χ0) is 24.5. The van der Waals surface area contributed by atoms with Crippen molar-refractivity contribution in [1.82, 2.24) is 14.7 Å². The van der Waals surface area contributed by atoms with Crippen molar-refractivity contribution in [3.05, 3.63) is 78.0 Å². The third kappa shape index (κ3) is 4.89. The number of hydrogen-bond acceptors (Lipinski definition) is 4. The summed E-state index contributed by atoms with van der Waals surface area (Å²) in [6, 6.07) is 20.9. The van der Waals surface area contributed by atoms with Gasteiger partial charge in [0.1, 0.15) is 5.75 Å². The number of fused-ring (bicyclic) bond motifs is 2. The quantitative estimate of drug-likeness (QED) is 0.433. The van der Waals surface area contributed by atoms with Crippen LogP contribution in [0.25, 0.3) is 21.9 Å². The maximum Gasteiger partial charge on any atom is 0.119 e. The number of benzene rings is 3. The van der Waals surface area contributed by atoms with Crippen LogP contribution in [-0.4, -0.2) is 67.1 Å². The van der Waals surface area contributed by atoms with E-state index in [1.165, 1.54) is 77.5 Å². The summed E-state index contributed by atoms with van der Waals surface area (Å²) in [6.45, 7) is 12.3. The van der Waals surface area contributed by atoms with Gasteiger partial charge in [0.25, 0.3) is 0 Å². The van der Waals surface area contributed by atoms with Crippen LogP contribution in [0.5, 0.6) is 5.75 Å². The van der Waals surface area contributed by atoms with Gasteiger partial charge in [-0.15, -0.1) is 0 Å². The second-order valence-electron chi connectivity index (χ2n) is 10.9. The fourth-order valence-corrected chi connectivity index (χ4v) is 6.49. The average molecular weight is 482 g/mol. The lowest BCUT2D eigenvalue weighted by atomic mass is 9.93. The summed E-state index contributed by atoms with van der Waals surface area (Å²) in [7, 11) is 1.72. The van der Waals surface area contributed by atoms with Crippen molar-refractivity contribution in [2.75, 3.05) is 46.4 Å². The van der Waals surface area contributed by atoms with E-state index in [4.69, 9.17) is 4.74 Å². The molecule has 2 fully saturated rings. The van der Waals surface area contributed by atoms with Gasteiger partial charge in [0.15, 0.2) is 0 Å². The Morgan fingerprint density at radius 1 is 0.833 bits per heavy atom. The number of rotatable bonds is 6. The van der Waals surface area contributed by atoms with E-state index >= 15 is 0 Å². The highest BCUT2D eigenvalue weighted by Crippen LogP contribution is 2.30. The van der Waals surface area contributed by atoms with Gasteiger partial charge < -0.3 is 9.64 Å². The SMILES string of the molecule is C=C(CN1CCc2cc(-c3ccc4cc(OC)ccc4c3)ccc2C1)N1CCN(C2CCCC2)CC1. The molecule has 3 aliphatic rings. The molecule has 4 heteroatoms. The maximum atomic E-state index is 5.38. The van der Waals surface area contributed by atoms with Crippen molar-refractivity contribution in [2.45, 2.75) is 44.7 Å².